The van der Waals surface area contributed by atoms with Crippen LogP contribution in [0.15, 0.2) is 11.4 Å². The average molecular weight is 293 g/mol. The Hall–Kier alpha value is -1.73. The number of imide groups is 1. The third kappa shape index (κ3) is 1.94. The second-order valence-electron chi connectivity index (χ2n) is 5.15. The fourth-order valence-electron chi connectivity index (χ4n) is 3.11. The quantitative estimate of drug-likeness (QED) is 0.370. The molecule has 7 heteroatoms. The van der Waals surface area contributed by atoms with Gasteiger partial charge in [-0.25, -0.2) is 5.84 Å². The molecule has 1 saturated heterocycles. The lowest BCUT2D eigenvalue weighted by Gasteiger charge is -2.15. The summed E-state index contributed by atoms with van der Waals surface area (Å²) >= 11 is 1.25. The van der Waals surface area contributed by atoms with Gasteiger partial charge < -0.3 is 0 Å². The van der Waals surface area contributed by atoms with Crippen molar-refractivity contribution in [1.29, 1.82) is 0 Å². The van der Waals surface area contributed by atoms with Gasteiger partial charge >= 0.3 is 0 Å². The molecule has 2 fully saturated rings. The Morgan fingerprint density at radius 3 is 2.60 bits per heavy atom. The zero-order valence-corrected chi connectivity index (χ0v) is 11.6. The second kappa shape index (κ2) is 4.99. The van der Waals surface area contributed by atoms with E-state index in [1.165, 1.54) is 16.2 Å². The van der Waals surface area contributed by atoms with Gasteiger partial charge in [0.15, 0.2) is 0 Å². The van der Waals surface area contributed by atoms with E-state index in [-0.39, 0.29) is 30.2 Å². The SMILES string of the molecule is NNC(=O)c1sccc1CN1C(=O)C2CCCC2C1=O. The van der Waals surface area contributed by atoms with Gasteiger partial charge in [-0.05, 0) is 29.9 Å². The number of nitrogens with zero attached hydrogens (tertiary/aromatic N) is 1. The fraction of sp³-hybridized carbons (Fsp3) is 0.462. The van der Waals surface area contributed by atoms with Gasteiger partial charge in [-0.2, -0.15) is 0 Å². The van der Waals surface area contributed by atoms with Gasteiger partial charge in [0.2, 0.25) is 11.8 Å². The first kappa shape index (κ1) is 13.3. The van der Waals surface area contributed by atoms with Gasteiger partial charge in [0.05, 0.1) is 23.3 Å². The molecule has 3 N–H and O–H groups in total. The first-order valence-electron chi connectivity index (χ1n) is 6.56. The Kier molecular flexibility index (Phi) is 3.31. The van der Waals surface area contributed by atoms with E-state index < -0.39 is 5.91 Å². The number of amides is 3. The van der Waals surface area contributed by atoms with Crippen LogP contribution in [-0.4, -0.2) is 22.6 Å². The molecule has 0 aromatic carbocycles. The van der Waals surface area contributed by atoms with E-state index >= 15 is 0 Å². The van der Waals surface area contributed by atoms with Gasteiger partial charge in [0.1, 0.15) is 0 Å². The lowest BCUT2D eigenvalue weighted by molar-refractivity contribution is -0.141. The van der Waals surface area contributed by atoms with Gasteiger partial charge in [0, 0.05) is 0 Å². The van der Waals surface area contributed by atoms with Crippen LogP contribution in [0, 0.1) is 11.8 Å². The van der Waals surface area contributed by atoms with Crippen molar-refractivity contribution in [3.05, 3.63) is 21.9 Å². The highest BCUT2D eigenvalue weighted by molar-refractivity contribution is 7.12. The monoisotopic (exact) mass is 293 g/mol. The maximum atomic E-state index is 12.3. The summed E-state index contributed by atoms with van der Waals surface area (Å²) in [6.07, 6.45) is 2.54. The van der Waals surface area contributed by atoms with E-state index in [9.17, 15) is 14.4 Å². The minimum atomic E-state index is -0.394. The smallest absolute Gasteiger partial charge is 0.275 e. The van der Waals surface area contributed by atoms with Crippen molar-refractivity contribution in [2.45, 2.75) is 25.8 Å². The van der Waals surface area contributed by atoms with Crippen LogP contribution in [0.2, 0.25) is 0 Å². The van der Waals surface area contributed by atoms with Gasteiger partial charge in [-0.15, -0.1) is 11.3 Å². The molecule has 1 saturated carbocycles. The number of fused-ring (bicyclic) bond motifs is 1. The predicted molar refractivity (Wildman–Crippen MR) is 72.4 cm³/mol. The van der Waals surface area contributed by atoms with E-state index in [0.717, 1.165) is 19.3 Å². The zero-order chi connectivity index (χ0) is 14.3. The van der Waals surface area contributed by atoms with E-state index in [1.54, 1.807) is 11.4 Å². The minimum absolute atomic E-state index is 0.0946. The van der Waals surface area contributed by atoms with Gasteiger partial charge in [-0.3, -0.25) is 24.7 Å². The number of hydrazine groups is 1. The number of thiophene rings is 1. The number of likely N-dealkylation sites (tertiary alicyclic amines) is 1. The zero-order valence-electron chi connectivity index (χ0n) is 10.8. The summed E-state index contributed by atoms with van der Waals surface area (Å²) in [5, 5.41) is 1.76. The van der Waals surface area contributed by atoms with Crippen LogP contribution < -0.4 is 11.3 Å². The van der Waals surface area contributed by atoms with Crippen LogP contribution in [0.3, 0.4) is 0 Å². The van der Waals surface area contributed by atoms with Crippen molar-refractivity contribution in [2.75, 3.05) is 0 Å². The summed E-state index contributed by atoms with van der Waals surface area (Å²) < 4.78 is 0. The number of nitrogens with two attached hydrogens (primary N) is 1. The van der Waals surface area contributed by atoms with Gasteiger partial charge in [0.25, 0.3) is 5.91 Å². The number of rotatable bonds is 3. The molecule has 1 aromatic rings. The molecule has 0 bridgehead atoms. The molecule has 6 nitrogen and oxygen atoms in total. The topological polar surface area (TPSA) is 92.5 Å². The number of carbonyl (C=O) groups is 3. The molecule has 20 heavy (non-hydrogen) atoms. The highest BCUT2D eigenvalue weighted by atomic mass is 32.1. The van der Waals surface area contributed by atoms with Crippen molar-refractivity contribution in [3.63, 3.8) is 0 Å². The Morgan fingerprint density at radius 2 is 2.00 bits per heavy atom. The summed E-state index contributed by atoms with van der Waals surface area (Å²) in [4.78, 5) is 37.9. The molecule has 2 aliphatic rings. The summed E-state index contributed by atoms with van der Waals surface area (Å²) in [6, 6.07) is 1.75. The van der Waals surface area contributed by atoms with Crippen LogP contribution in [0.1, 0.15) is 34.5 Å². The molecule has 0 radical (unpaired) electrons. The van der Waals surface area contributed by atoms with E-state index in [4.69, 9.17) is 5.84 Å². The number of hydrogen-bond acceptors (Lipinski definition) is 5. The summed E-state index contributed by atoms with van der Waals surface area (Å²) in [7, 11) is 0. The Balaban J connectivity index is 1.82. The van der Waals surface area contributed by atoms with Crippen LogP contribution in [0.25, 0.3) is 0 Å². The lowest BCUT2D eigenvalue weighted by atomic mass is 10.00. The molecule has 0 spiro atoms. The lowest BCUT2D eigenvalue weighted by Crippen LogP contribution is -2.33. The Morgan fingerprint density at radius 1 is 1.35 bits per heavy atom. The maximum Gasteiger partial charge on any atom is 0.275 e. The van der Waals surface area contributed by atoms with E-state index in [1.807, 2.05) is 0 Å². The van der Waals surface area contributed by atoms with Crippen LogP contribution in [0.5, 0.6) is 0 Å². The van der Waals surface area contributed by atoms with Gasteiger partial charge in [-0.1, -0.05) is 6.42 Å². The number of nitrogen functional groups attached to an aromatic ring is 1. The normalized spacial score (nSPS) is 25.1. The maximum absolute atomic E-state index is 12.3. The van der Waals surface area contributed by atoms with Crippen LogP contribution in [-0.2, 0) is 16.1 Å². The summed E-state index contributed by atoms with van der Waals surface area (Å²) in [5.41, 5.74) is 2.74. The summed E-state index contributed by atoms with van der Waals surface area (Å²) in [6.45, 7) is 0.164. The first-order chi connectivity index (χ1) is 9.63. The molecule has 2 atom stereocenters. The molecule has 2 heterocycles. The largest absolute Gasteiger partial charge is 0.289 e. The Labute approximate surface area is 119 Å². The van der Waals surface area contributed by atoms with E-state index in [0.29, 0.717) is 10.4 Å². The molecule has 1 aliphatic carbocycles. The molecule has 3 rings (SSSR count). The highest BCUT2D eigenvalue weighted by Gasteiger charge is 2.49. The molecule has 1 aliphatic heterocycles. The fourth-order valence-corrected chi connectivity index (χ4v) is 3.93. The van der Waals surface area contributed by atoms with Crippen molar-refractivity contribution < 1.29 is 14.4 Å². The number of hydrogen-bond donors (Lipinski definition) is 2. The third-order valence-electron chi connectivity index (χ3n) is 4.09. The molecule has 106 valence electrons. The second-order valence-corrected chi connectivity index (χ2v) is 6.07. The Bertz CT molecular complexity index is 561. The first-order valence-corrected chi connectivity index (χ1v) is 7.44. The molecule has 2 unspecified atom stereocenters. The van der Waals surface area contributed by atoms with Crippen molar-refractivity contribution in [2.24, 2.45) is 17.7 Å². The molecular weight excluding hydrogens is 278 g/mol. The number of carbonyl (C=O) groups excluding carboxylic acids is 3. The highest BCUT2D eigenvalue weighted by Crippen LogP contribution is 2.40. The average Bonchev–Trinajstić information content (AvgIpc) is 3.14. The van der Waals surface area contributed by atoms with Crippen molar-refractivity contribution in [3.8, 4) is 0 Å². The number of nitrogens with one attached hydrogen (secondary N) is 1. The van der Waals surface area contributed by atoms with E-state index in [2.05, 4.69) is 5.43 Å². The third-order valence-corrected chi connectivity index (χ3v) is 5.05. The van der Waals surface area contributed by atoms with Crippen molar-refractivity contribution >= 4 is 29.1 Å². The molecular formula is C13H15N3O3S. The van der Waals surface area contributed by atoms with Crippen LogP contribution in [0.4, 0.5) is 0 Å². The predicted octanol–water partition coefficient (Wildman–Crippen LogP) is 0.637. The standard InChI is InChI=1S/C13H15N3O3S/c14-15-11(17)10-7(4-5-20-10)6-16-12(18)8-2-1-3-9(8)13(16)19/h4-5,8-9H,1-3,6,14H2,(H,15,17). The van der Waals surface area contributed by atoms with Crippen molar-refractivity contribution in [1.82, 2.24) is 10.3 Å². The van der Waals surface area contributed by atoms with Crippen LogP contribution >= 0.6 is 11.3 Å². The molecule has 1 aromatic heterocycles. The minimum Gasteiger partial charge on any atom is -0.289 e. The summed E-state index contributed by atoms with van der Waals surface area (Å²) in [5.74, 6) is 4.26. The molecule has 3 amide bonds.